The van der Waals surface area contributed by atoms with Gasteiger partial charge in [0, 0.05) is 24.5 Å². The number of nitrogens with zero attached hydrogens (tertiary/aromatic N) is 2. The molecule has 202 valence electrons. The van der Waals surface area contributed by atoms with Crippen molar-refractivity contribution in [1.29, 1.82) is 0 Å². The van der Waals surface area contributed by atoms with Gasteiger partial charge in [-0.3, -0.25) is 14.6 Å². The monoisotopic (exact) mass is 534 g/mol. The van der Waals surface area contributed by atoms with E-state index in [1.54, 1.807) is 36.7 Å². The van der Waals surface area contributed by atoms with E-state index in [-0.39, 0.29) is 17.9 Å². The standard InChI is InChI=1S/C33H30N2O5/c1-3-17-39-26-14-15-28(22(2)18-26)31(36)29-30(35(33(38)32(29)37)21-23-9-8-16-34-20-23)24-10-7-13-27(19-24)40-25-11-5-4-6-12-25/h4-16,18-20,30,36H,3,17,21H2,1-2H3/t30-/m1/s1. The summed E-state index contributed by atoms with van der Waals surface area (Å²) in [5, 5.41) is 11.6. The zero-order valence-electron chi connectivity index (χ0n) is 22.4. The van der Waals surface area contributed by atoms with Crippen LogP contribution in [0.25, 0.3) is 5.76 Å². The predicted molar refractivity (Wildman–Crippen MR) is 152 cm³/mol. The first-order valence-corrected chi connectivity index (χ1v) is 13.2. The second kappa shape index (κ2) is 11.9. The van der Waals surface area contributed by atoms with Crippen LogP contribution in [0.3, 0.4) is 0 Å². The number of para-hydroxylation sites is 1. The van der Waals surface area contributed by atoms with Crippen LogP contribution in [-0.4, -0.2) is 33.3 Å². The summed E-state index contributed by atoms with van der Waals surface area (Å²) < 4.78 is 11.8. The van der Waals surface area contributed by atoms with Gasteiger partial charge in [-0.25, -0.2) is 0 Å². The molecule has 40 heavy (non-hydrogen) atoms. The fraction of sp³-hybridized carbons (Fsp3) is 0.182. The number of carbonyl (C=O) groups is 2. The van der Waals surface area contributed by atoms with Crippen LogP contribution in [0.4, 0.5) is 0 Å². The lowest BCUT2D eigenvalue weighted by molar-refractivity contribution is -0.140. The Morgan fingerprint density at radius 2 is 1.73 bits per heavy atom. The van der Waals surface area contributed by atoms with Gasteiger partial charge in [-0.05, 0) is 78.6 Å². The van der Waals surface area contributed by atoms with Crippen LogP contribution in [0.1, 0.15) is 41.6 Å². The SMILES string of the molecule is CCCOc1ccc(C(O)=C2C(=O)C(=O)N(Cc3cccnc3)[C@@H]2c2cccc(Oc3ccccc3)c2)c(C)c1. The average Bonchev–Trinajstić information content (AvgIpc) is 3.22. The Kier molecular flexibility index (Phi) is 7.92. The number of aromatic nitrogens is 1. The van der Waals surface area contributed by atoms with Crippen molar-refractivity contribution >= 4 is 17.4 Å². The number of rotatable bonds is 9. The molecule has 1 saturated heterocycles. The number of benzene rings is 3. The number of aliphatic hydroxyl groups is 1. The third-order valence-electron chi connectivity index (χ3n) is 6.69. The van der Waals surface area contributed by atoms with Crippen molar-refractivity contribution in [2.45, 2.75) is 32.9 Å². The van der Waals surface area contributed by atoms with E-state index in [0.717, 1.165) is 17.5 Å². The second-order valence-electron chi connectivity index (χ2n) is 9.60. The highest BCUT2D eigenvalue weighted by Gasteiger charge is 2.46. The van der Waals surface area contributed by atoms with Gasteiger partial charge >= 0.3 is 0 Å². The highest BCUT2D eigenvalue weighted by molar-refractivity contribution is 6.46. The Bertz CT molecular complexity index is 1550. The maximum atomic E-state index is 13.5. The number of amides is 1. The molecule has 7 heteroatoms. The molecule has 1 aliphatic rings. The van der Waals surface area contributed by atoms with Crippen LogP contribution in [0.5, 0.6) is 17.2 Å². The first-order valence-electron chi connectivity index (χ1n) is 13.2. The lowest BCUT2D eigenvalue weighted by Crippen LogP contribution is -2.29. The summed E-state index contributed by atoms with van der Waals surface area (Å²) in [5.41, 5.74) is 2.61. The third-order valence-corrected chi connectivity index (χ3v) is 6.69. The van der Waals surface area contributed by atoms with Crippen molar-refractivity contribution in [3.8, 4) is 17.2 Å². The lowest BCUT2D eigenvalue weighted by Gasteiger charge is -2.26. The molecule has 0 unspecified atom stereocenters. The van der Waals surface area contributed by atoms with Crippen molar-refractivity contribution in [2.24, 2.45) is 0 Å². The van der Waals surface area contributed by atoms with Crippen molar-refractivity contribution in [3.05, 3.63) is 125 Å². The first-order chi connectivity index (χ1) is 19.5. The summed E-state index contributed by atoms with van der Waals surface area (Å²) in [6.45, 7) is 4.58. The molecule has 1 fully saturated rings. The van der Waals surface area contributed by atoms with Gasteiger partial charge in [0.1, 0.15) is 23.0 Å². The van der Waals surface area contributed by atoms with Crippen LogP contribution in [0.2, 0.25) is 0 Å². The number of ether oxygens (including phenoxy) is 2. The fourth-order valence-corrected chi connectivity index (χ4v) is 4.81. The molecule has 0 bridgehead atoms. The highest BCUT2D eigenvalue weighted by Crippen LogP contribution is 2.42. The zero-order valence-corrected chi connectivity index (χ0v) is 22.4. The van der Waals surface area contributed by atoms with Gasteiger partial charge in [0.25, 0.3) is 11.7 Å². The molecule has 7 nitrogen and oxygen atoms in total. The van der Waals surface area contributed by atoms with Crippen molar-refractivity contribution in [1.82, 2.24) is 9.88 Å². The minimum absolute atomic E-state index is 0.0241. The van der Waals surface area contributed by atoms with Gasteiger partial charge in [-0.1, -0.05) is 43.3 Å². The van der Waals surface area contributed by atoms with E-state index in [0.29, 0.717) is 35.0 Å². The summed E-state index contributed by atoms with van der Waals surface area (Å²) in [5.74, 6) is 0.215. The molecule has 1 amide bonds. The van der Waals surface area contributed by atoms with Gasteiger partial charge in [0.05, 0.1) is 18.2 Å². The predicted octanol–water partition coefficient (Wildman–Crippen LogP) is 6.59. The number of aliphatic hydroxyl groups excluding tert-OH is 1. The van der Waals surface area contributed by atoms with Crippen molar-refractivity contribution in [2.75, 3.05) is 6.61 Å². The molecule has 1 aromatic heterocycles. The van der Waals surface area contributed by atoms with Crippen molar-refractivity contribution in [3.63, 3.8) is 0 Å². The minimum atomic E-state index is -0.838. The highest BCUT2D eigenvalue weighted by atomic mass is 16.5. The molecule has 4 aromatic rings. The van der Waals surface area contributed by atoms with E-state index in [4.69, 9.17) is 9.47 Å². The smallest absolute Gasteiger partial charge is 0.295 e. The molecule has 2 heterocycles. The maximum Gasteiger partial charge on any atom is 0.295 e. The Balaban J connectivity index is 1.60. The molecular weight excluding hydrogens is 504 g/mol. The summed E-state index contributed by atoms with van der Waals surface area (Å²) in [7, 11) is 0. The van der Waals surface area contributed by atoms with Gasteiger partial charge in [0.2, 0.25) is 0 Å². The van der Waals surface area contributed by atoms with E-state index in [9.17, 15) is 14.7 Å². The third kappa shape index (κ3) is 5.59. The van der Waals surface area contributed by atoms with Gasteiger partial charge in [0.15, 0.2) is 0 Å². The summed E-state index contributed by atoms with van der Waals surface area (Å²) in [6, 6.07) is 24.7. The van der Waals surface area contributed by atoms with Crippen LogP contribution in [0.15, 0.2) is 103 Å². The quantitative estimate of drug-likeness (QED) is 0.148. The Morgan fingerprint density at radius 1 is 0.925 bits per heavy atom. The second-order valence-corrected chi connectivity index (χ2v) is 9.60. The number of pyridine rings is 1. The number of aryl methyl sites for hydroxylation is 1. The molecular formula is C33H30N2O5. The van der Waals surface area contributed by atoms with Crippen LogP contribution in [-0.2, 0) is 16.1 Å². The largest absolute Gasteiger partial charge is 0.507 e. The van der Waals surface area contributed by atoms with Crippen LogP contribution >= 0.6 is 0 Å². The molecule has 1 atom stereocenters. The zero-order chi connectivity index (χ0) is 28.1. The van der Waals surface area contributed by atoms with Crippen LogP contribution in [0, 0.1) is 6.92 Å². The summed E-state index contributed by atoms with van der Waals surface area (Å²) in [6.07, 6.45) is 4.18. The Morgan fingerprint density at radius 3 is 2.45 bits per heavy atom. The normalized spacial score (nSPS) is 16.2. The Hall–Kier alpha value is -4.91. The first kappa shape index (κ1) is 26.7. The lowest BCUT2D eigenvalue weighted by atomic mass is 9.93. The van der Waals surface area contributed by atoms with Gasteiger partial charge < -0.3 is 19.5 Å². The van der Waals surface area contributed by atoms with E-state index >= 15 is 0 Å². The molecule has 1 aliphatic heterocycles. The number of likely N-dealkylation sites (tertiary alicyclic amines) is 1. The van der Waals surface area contributed by atoms with Crippen LogP contribution < -0.4 is 9.47 Å². The molecule has 1 N–H and O–H groups in total. The molecule has 0 saturated carbocycles. The number of ketones is 1. The molecule has 0 spiro atoms. The number of carbonyl (C=O) groups excluding carboxylic acids is 2. The van der Waals surface area contributed by atoms with Crippen molar-refractivity contribution < 1.29 is 24.2 Å². The number of hydrogen-bond acceptors (Lipinski definition) is 6. The Labute approximate surface area is 233 Å². The number of hydrogen-bond donors (Lipinski definition) is 1. The van der Waals surface area contributed by atoms with Gasteiger partial charge in [-0.2, -0.15) is 0 Å². The molecule has 5 rings (SSSR count). The van der Waals surface area contributed by atoms with E-state index in [1.807, 2.05) is 74.5 Å². The average molecular weight is 535 g/mol. The molecule has 0 radical (unpaired) electrons. The number of Topliss-reactive ketones (excluding diaryl/α,β-unsaturated/α-hetero) is 1. The minimum Gasteiger partial charge on any atom is -0.507 e. The maximum absolute atomic E-state index is 13.5. The van der Waals surface area contributed by atoms with E-state index in [1.165, 1.54) is 4.90 Å². The molecule has 0 aliphatic carbocycles. The summed E-state index contributed by atoms with van der Waals surface area (Å²) in [4.78, 5) is 32.6. The molecule has 3 aromatic carbocycles. The van der Waals surface area contributed by atoms with Gasteiger partial charge in [-0.15, -0.1) is 0 Å². The van der Waals surface area contributed by atoms with E-state index < -0.39 is 17.7 Å². The topological polar surface area (TPSA) is 89.0 Å². The summed E-state index contributed by atoms with van der Waals surface area (Å²) >= 11 is 0. The van der Waals surface area contributed by atoms with E-state index in [2.05, 4.69) is 4.98 Å². The fourth-order valence-electron chi connectivity index (χ4n) is 4.81.